The van der Waals surface area contributed by atoms with E-state index in [0.717, 1.165) is 0 Å². The van der Waals surface area contributed by atoms with E-state index in [9.17, 15) is 14.0 Å². The third-order valence-electron chi connectivity index (χ3n) is 4.44. The van der Waals surface area contributed by atoms with Crippen LogP contribution in [0.15, 0.2) is 76.2 Å². The number of nitrogens with two attached hydrogens (primary N) is 1. The van der Waals surface area contributed by atoms with Gasteiger partial charge in [-0.05, 0) is 43.5 Å². The van der Waals surface area contributed by atoms with Crippen molar-refractivity contribution in [3.63, 3.8) is 0 Å². The number of anilines is 1. The highest BCUT2D eigenvalue weighted by atomic mass is 35.5. The van der Waals surface area contributed by atoms with Gasteiger partial charge in [0.05, 0.1) is 0 Å². The number of benzene rings is 1. The molecular formula is C23H20ClFN6O3. The van der Waals surface area contributed by atoms with Crippen LogP contribution in [-0.4, -0.2) is 27.4 Å². The number of nitrogens with one attached hydrogen (secondary N) is 1. The molecule has 11 heteroatoms. The molecule has 1 aromatic carbocycles. The molecule has 3 rings (SSSR count). The monoisotopic (exact) mass is 482 g/mol. The summed E-state index contributed by atoms with van der Waals surface area (Å²) in [4.78, 5) is 33.3. The summed E-state index contributed by atoms with van der Waals surface area (Å²) in [6.45, 7) is 5.07. The highest BCUT2D eigenvalue weighted by molar-refractivity contribution is 6.34. The highest BCUT2D eigenvalue weighted by Crippen LogP contribution is 2.29. The summed E-state index contributed by atoms with van der Waals surface area (Å²) in [7, 11) is 1.56. The van der Waals surface area contributed by atoms with Crippen LogP contribution in [-0.2, 0) is 7.05 Å². The van der Waals surface area contributed by atoms with Gasteiger partial charge in [-0.3, -0.25) is 14.3 Å². The van der Waals surface area contributed by atoms with Gasteiger partial charge in [0, 0.05) is 31.1 Å². The van der Waals surface area contributed by atoms with Crippen molar-refractivity contribution in [2.75, 3.05) is 5.73 Å². The van der Waals surface area contributed by atoms with Crippen LogP contribution in [0.1, 0.15) is 17.4 Å². The number of aliphatic imine (C=N–C) groups is 1. The van der Waals surface area contributed by atoms with E-state index >= 15 is 0 Å². The molecule has 0 aliphatic carbocycles. The van der Waals surface area contributed by atoms with Crippen molar-refractivity contribution in [1.29, 1.82) is 0 Å². The Labute approximate surface area is 199 Å². The molecule has 0 bridgehead atoms. The van der Waals surface area contributed by atoms with Crippen LogP contribution in [0.5, 0.6) is 5.75 Å². The van der Waals surface area contributed by atoms with Crippen molar-refractivity contribution >= 4 is 30.0 Å². The lowest BCUT2D eigenvalue weighted by Gasteiger charge is -2.09. The molecule has 3 N–H and O–H groups in total. The van der Waals surface area contributed by atoms with E-state index in [2.05, 4.69) is 27.1 Å². The third kappa shape index (κ3) is 5.73. The lowest BCUT2D eigenvalue weighted by atomic mass is 10.1. The van der Waals surface area contributed by atoms with Crippen LogP contribution in [0.2, 0.25) is 5.02 Å². The van der Waals surface area contributed by atoms with E-state index in [4.69, 9.17) is 22.1 Å². The van der Waals surface area contributed by atoms with Crippen LogP contribution >= 0.6 is 11.6 Å². The molecule has 0 spiro atoms. The minimum Gasteiger partial charge on any atom is -0.460 e. The number of allylic oxidation sites excluding steroid dienone is 3. The third-order valence-corrected chi connectivity index (χ3v) is 4.82. The summed E-state index contributed by atoms with van der Waals surface area (Å²) >= 11 is 6.06. The molecule has 1 amide bonds. The molecular weight excluding hydrogens is 463 g/mol. The van der Waals surface area contributed by atoms with Gasteiger partial charge in [0.1, 0.15) is 28.2 Å². The number of hydrogen-bond donors (Lipinski definition) is 2. The fourth-order valence-electron chi connectivity index (χ4n) is 2.82. The Morgan fingerprint density at radius 3 is 2.68 bits per heavy atom. The summed E-state index contributed by atoms with van der Waals surface area (Å²) in [5, 5.41) is 6.63. The first kappa shape index (κ1) is 24.3. The molecule has 2 aromatic heterocycles. The van der Waals surface area contributed by atoms with Gasteiger partial charge in [-0.1, -0.05) is 23.7 Å². The van der Waals surface area contributed by atoms with Crippen molar-refractivity contribution in [2.24, 2.45) is 12.0 Å². The standard InChI is InChI=1S/C23H20ClFN6O3/c1-13(34-17-10-11-28-22(26)19(17)24)4-9-18(27-2)29-23(33)20-21(32)16(12-31(3)30-20)14-5-7-15(25)8-6-14/h4-12H,2H2,1,3H3,(H2,26,28)(H,29,33)/b13-4+,18-9+. The molecule has 0 unspecified atom stereocenters. The average molecular weight is 483 g/mol. The summed E-state index contributed by atoms with van der Waals surface area (Å²) in [5.41, 5.74) is 5.31. The predicted molar refractivity (Wildman–Crippen MR) is 128 cm³/mol. The molecule has 0 saturated heterocycles. The smallest absolute Gasteiger partial charge is 0.281 e. The SMILES string of the molecule is C=N/C(=C\C=C(/C)Oc1ccnc(N)c1Cl)NC(=O)c1nn(C)cc(-c2ccc(F)cc2)c1=O. The van der Waals surface area contributed by atoms with Gasteiger partial charge in [-0.15, -0.1) is 0 Å². The molecule has 0 aliphatic rings. The number of halogens is 2. The van der Waals surface area contributed by atoms with E-state index in [1.807, 2.05) is 0 Å². The molecule has 2 heterocycles. The first-order valence-electron chi connectivity index (χ1n) is 9.78. The van der Waals surface area contributed by atoms with Gasteiger partial charge in [-0.25, -0.2) is 14.4 Å². The fourth-order valence-corrected chi connectivity index (χ4v) is 2.97. The average Bonchev–Trinajstić information content (AvgIpc) is 2.81. The van der Waals surface area contributed by atoms with Gasteiger partial charge >= 0.3 is 0 Å². The van der Waals surface area contributed by atoms with Gasteiger partial charge < -0.3 is 15.8 Å². The van der Waals surface area contributed by atoms with Crippen LogP contribution in [0, 0.1) is 5.82 Å². The zero-order chi connectivity index (χ0) is 24.8. The maximum absolute atomic E-state index is 13.3. The van der Waals surface area contributed by atoms with Crippen LogP contribution in [0.4, 0.5) is 10.2 Å². The lowest BCUT2D eigenvalue weighted by molar-refractivity contribution is 0.0957. The second-order valence-electron chi connectivity index (χ2n) is 6.95. The molecule has 0 atom stereocenters. The molecule has 34 heavy (non-hydrogen) atoms. The Hall–Kier alpha value is -4.31. The van der Waals surface area contributed by atoms with Crippen molar-refractivity contribution < 1.29 is 13.9 Å². The number of amides is 1. The Kier molecular flexibility index (Phi) is 7.54. The van der Waals surface area contributed by atoms with E-state index in [1.165, 1.54) is 53.5 Å². The first-order chi connectivity index (χ1) is 16.2. The van der Waals surface area contributed by atoms with E-state index in [1.54, 1.807) is 20.0 Å². The summed E-state index contributed by atoms with van der Waals surface area (Å²) in [5.74, 6) is -0.361. The van der Waals surface area contributed by atoms with Gasteiger partial charge in [0.2, 0.25) is 5.43 Å². The summed E-state index contributed by atoms with van der Waals surface area (Å²) in [6.07, 6.45) is 5.84. The van der Waals surface area contributed by atoms with E-state index in [0.29, 0.717) is 17.1 Å². The zero-order valence-corrected chi connectivity index (χ0v) is 19.0. The number of carbonyl (C=O) groups is 1. The van der Waals surface area contributed by atoms with Crippen LogP contribution < -0.4 is 21.2 Å². The molecule has 0 saturated carbocycles. The summed E-state index contributed by atoms with van der Waals surface area (Å²) < 4.78 is 20.2. The van der Waals surface area contributed by atoms with Gasteiger partial charge in [-0.2, -0.15) is 5.10 Å². The second-order valence-corrected chi connectivity index (χ2v) is 7.33. The number of pyridine rings is 1. The van der Waals surface area contributed by atoms with Crippen molar-refractivity contribution in [1.82, 2.24) is 20.1 Å². The van der Waals surface area contributed by atoms with Crippen molar-refractivity contribution in [2.45, 2.75) is 6.92 Å². The molecule has 0 radical (unpaired) electrons. The molecule has 3 aromatic rings. The lowest BCUT2D eigenvalue weighted by Crippen LogP contribution is -2.31. The number of nitrogens with zero attached hydrogens (tertiary/aromatic N) is 4. The number of ether oxygens (including phenoxy) is 1. The Morgan fingerprint density at radius 2 is 2.00 bits per heavy atom. The largest absolute Gasteiger partial charge is 0.460 e. The fraction of sp³-hybridized carbons (Fsp3) is 0.0870. The topological polar surface area (TPSA) is 124 Å². The number of aromatic nitrogens is 3. The number of rotatable bonds is 7. The Balaban J connectivity index is 1.83. The van der Waals surface area contributed by atoms with Crippen molar-refractivity contribution in [3.05, 3.63) is 93.2 Å². The molecule has 9 nitrogen and oxygen atoms in total. The number of carbonyl (C=O) groups excluding carboxylic acids is 1. The number of aryl methyl sites for hydroxylation is 1. The highest BCUT2D eigenvalue weighted by Gasteiger charge is 2.18. The second kappa shape index (κ2) is 10.5. The molecule has 0 aliphatic heterocycles. The minimum absolute atomic E-state index is 0.0457. The Morgan fingerprint density at radius 1 is 1.29 bits per heavy atom. The van der Waals surface area contributed by atoms with Gasteiger partial charge in [0.25, 0.3) is 5.91 Å². The van der Waals surface area contributed by atoms with Crippen LogP contribution in [0.25, 0.3) is 11.1 Å². The maximum atomic E-state index is 13.3. The minimum atomic E-state index is -0.792. The normalized spacial score (nSPS) is 11.8. The first-order valence-corrected chi connectivity index (χ1v) is 10.2. The van der Waals surface area contributed by atoms with Crippen molar-refractivity contribution in [3.8, 4) is 16.9 Å². The van der Waals surface area contributed by atoms with E-state index < -0.39 is 17.2 Å². The predicted octanol–water partition coefficient (Wildman–Crippen LogP) is 3.47. The van der Waals surface area contributed by atoms with Crippen LogP contribution in [0.3, 0.4) is 0 Å². The van der Waals surface area contributed by atoms with E-state index in [-0.39, 0.29) is 27.9 Å². The Bertz CT molecular complexity index is 1370. The van der Waals surface area contributed by atoms with Gasteiger partial charge in [0.15, 0.2) is 11.4 Å². The maximum Gasteiger partial charge on any atom is 0.281 e. The zero-order valence-electron chi connectivity index (χ0n) is 18.3. The quantitative estimate of drug-likeness (QED) is 0.302. The molecule has 0 fully saturated rings. The number of hydrogen-bond acceptors (Lipinski definition) is 7. The summed E-state index contributed by atoms with van der Waals surface area (Å²) in [6, 6.07) is 6.88. The number of nitrogen functional groups attached to an aromatic ring is 1. The molecule has 174 valence electrons.